The molecule has 2 rings (SSSR count). The van der Waals surface area contributed by atoms with Crippen LogP contribution in [0.15, 0.2) is 11.2 Å². The molecule has 0 aliphatic carbocycles. The summed E-state index contributed by atoms with van der Waals surface area (Å²) >= 11 is 0. The van der Waals surface area contributed by atoms with Crippen LogP contribution in [0, 0.1) is 20.8 Å². The monoisotopic (exact) mass is 235 g/mol. The maximum absolute atomic E-state index is 9.37. The van der Waals surface area contributed by atoms with Gasteiger partial charge < -0.3 is 15.1 Å². The van der Waals surface area contributed by atoms with Gasteiger partial charge in [0.25, 0.3) is 0 Å². The lowest BCUT2D eigenvalue weighted by Crippen LogP contribution is -2.10. The Hall–Kier alpha value is -1.39. The Morgan fingerprint density at radius 3 is 2.47 bits per heavy atom. The molecular weight excluding hydrogens is 218 g/mol. The van der Waals surface area contributed by atoms with Crippen LogP contribution in [0.1, 0.15) is 40.5 Å². The summed E-state index contributed by atoms with van der Waals surface area (Å²) in [5, 5.41) is 22.8. The van der Waals surface area contributed by atoms with Gasteiger partial charge in [-0.05, 0) is 37.5 Å². The highest BCUT2D eigenvalue weighted by atomic mass is 16.6. The average Bonchev–Trinajstić information content (AvgIpc) is 2.76. The van der Waals surface area contributed by atoms with Crippen LogP contribution in [0.2, 0.25) is 0 Å². The minimum atomic E-state index is -1.45. The van der Waals surface area contributed by atoms with E-state index in [1.165, 1.54) is 0 Å². The average molecular weight is 235 g/mol. The van der Waals surface area contributed by atoms with Crippen molar-refractivity contribution in [1.82, 2.24) is 0 Å². The molecule has 0 bridgehead atoms. The number of oxime groups is 1. The molecule has 0 aromatic heterocycles. The molecule has 0 spiro atoms. The predicted molar refractivity (Wildman–Crippen MR) is 64.9 cm³/mol. The molecule has 4 heteroatoms. The zero-order chi connectivity index (χ0) is 12.6. The zero-order valence-electron chi connectivity index (χ0n) is 10.3. The van der Waals surface area contributed by atoms with Crippen molar-refractivity contribution in [3.05, 3.63) is 33.9 Å². The van der Waals surface area contributed by atoms with Crippen molar-refractivity contribution in [2.75, 3.05) is 6.61 Å². The minimum Gasteiger partial charge on any atom is -0.395 e. The van der Waals surface area contributed by atoms with Crippen LogP contribution in [0.5, 0.6) is 0 Å². The lowest BCUT2D eigenvalue weighted by Gasteiger charge is -2.17. The quantitative estimate of drug-likeness (QED) is 0.767. The molecule has 1 heterocycles. The lowest BCUT2D eigenvalue weighted by molar-refractivity contribution is -0.0429. The van der Waals surface area contributed by atoms with Crippen LogP contribution in [-0.2, 0) is 4.84 Å². The van der Waals surface area contributed by atoms with E-state index < -0.39 is 6.29 Å². The van der Waals surface area contributed by atoms with Crippen LogP contribution in [0.25, 0.3) is 0 Å². The van der Waals surface area contributed by atoms with E-state index >= 15 is 0 Å². The van der Waals surface area contributed by atoms with Gasteiger partial charge in [0.05, 0.1) is 5.71 Å². The Kier molecular flexibility index (Phi) is 3.17. The number of aliphatic hydroxyl groups excluding tert-OH is 1. The number of hydrogen-bond acceptors (Lipinski definition) is 4. The third-order valence-corrected chi connectivity index (χ3v) is 3.32. The van der Waals surface area contributed by atoms with Crippen LogP contribution in [0.3, 0.4) is 0 Å². The smallest absolute Gasteiger partial charge is 0.178 e. The summed E-state index contributed by atoms with van der Waals surface area (Å²) in [5.74, 6) is 0. The summed E-state index contributed by atoms with van der Waals surface area (Å²) in [7, 11) is 0. The Bertz CT molecular complexity index is 478. The van der Waals surface area contributed by atoms with E-state index in [0.29, 0.717) is 12.2 Å². The molecule has 1 aromatic rings. The summed E-state index contributed by atoms with van der Waals surface area (Å²) in [4.78, 5) is 5.02. The topological polar surface area (TPSA) is 62.0 Å². The third-order valence-electron chi connectivity index (χ3n) is 3.32. The van der Waals surface area contributed by atoms with Gasteiger partial charge >= 0.3 is 0 Å². The minimum absolute atomic E-state index is 0.540. The molecule has 0 radical (unpaired) electrons. The molecule has 92 valence electrons. The summed E-state index contributed by atoms with van der Waals surface area (Å²) in [6.07, 6.45) is -0.678. The van der Waals surface area contributed by atoms with Gasteiger partial charge in [-0.2, -0.15) is 0 Å². The standard InChI is InChI=1S/C13H17NO3/c1-7-6-10(13(15)16)9(3)12(8(7)2)11-4-5-17-14-11/h6,13,15-16H,4-5H2,1-3H3. The first kappa shape index (κ1) is 12.1. The molecule has 0 amide bonds. The summed E-state index contributed by atoms with van der Waals surface area (Å²) in [6, 6.07) is 1.81. The second-order valence-corrected chi connectivity index (χ2v) is 4.40. The Morgan fingerprint density at radius 1 is 1.24 bits per heavy atom. The number of aliphatic hydroxyl groups is 2. The molecule has 0 saturated heterocycles. The first-order valence-corrected chi connectivity index (χ1v) is 5.68. The van der Waals surface area contributed by atoms with Gasteiger partial charge in [0.15, 0.2) is 6.29 Å². The van der Waals surface area contributed by atoms with E-state index in [-0.39, 0.29) is 0 Å². The normalized spacial score (nSPS) is 15.1. The second kappa shape index (κ2) is 4.47. The number of rotatable bonds is 2. The van der Waals surface area contributed by atoms with Gasteiger partial charge in [-0.1, -0.05) is 11.2 Å². The van der Waals surface area contributed by atoms with E-state index in [9.17, 15) is 10.2 Å². The predicted octanol–water partition coefficient (Wildman–Crippen LogP) is 1.72. The fraction of sp³-hybridized carbons (Fsp3) is 0.462. The molecule has 0 atom stereocenters. The van der Waals surface area contributed by atoms with Crippen molar-refractivity contribution in [2.24, 2.45) is 5.16 Å². The molecule has 1 aliphatic heterocycles. The van der Waals surface area contributed by atoms with Gasteiger partial charge in [0.1, 0.15) is 6.61 Å². The van der Waals surface area contributed by atoms with Gasteiger partial charge in [-0.3, -0.25) is 0 Å². The van der Waals surface area contributed by atoms with Crippen LogP contribution >= 0.6 is 0 Å². The summed E-state index contributed by atoms with van der Waals surface area (Å²) in [5.41, 5.74) is 5.45. The van der Waals surface area contributed by atoms with Crippen LogP contribution in [-0.4, -0.2) is 22.5 Å². The molecule has 2 N–H and O–H groups in total. The molecular formula is C13H17NO3. The number of hydrogen-bond donors (Lipinski definition) is 2. The van der Waals surface area contributed by atoms with E-state index in [4.69, 9.17) is 4.84 Å². The Morgan fingerprint density at radius 2 is 1.94 bits per heavy atom. The lowest BCUT2D eigenvalue weighted by atomic mass is 9.90. The number of nitrogens with zero attached hydrogens (tertiary/aromatic N) is 1. The Labute approximate surface area is 101 Å². The van der Waals surface area contributed by atoms with Crippen molar-refractivity contribution < 1.29 is 15.1 Å². The van der Waals surface area contributed by atoms with Crippen molar-refractivity contribution in [2.45, 2.75) is 33.5 Å². The van der Waals surface area contributed by atoms with Crippen molar-refractivity contribution >= 4 is 5.71 Å². The number of aryl methyl sites for hydroxylation is 1. The summed E-state index contributed by atoms with van der Waals surface area (Å²) < 4.78 is 0. The van der Waals surface area contributed by atoms with E-state index in [0.717, 1.165) is 34.4 Å². The first-order valence-electron chi connectivity index (χ1n) is 5.68. The van der Waals surface area contributed by atoms with E-state index in [1.54, 1.807) is 0 Å². The van der Waals surface area contributed by atoms with Crippen molar-refractivity contribution in [3.8, 4) is 0 Å². The molecule has 0 saturated carbocycles. The zero-order valence-corrected chi connectivity index (χ0v) is 10.3. The van der Waals surface area contributed by atoms with E-state index in [1.807, 2.05) is 26.8 Å². The maximum Gasteiger partial charge on any atom is 0.178 e. The second-order valence-electron chi connectivity index (χ2n) is 4.40. The fourth-order valence-corrected chi connectivity index (χ4v) is 2.26. The van der Waals surface area contributed by atoms with Crippen LogP contribution in [0.4, 0.5) is 0 Å². The van der Waals surface area contributed by atoms with Gasteiger partial charge in [0, 0.05) is 17.5 Å². The van der Waals surface area contributed by atoms with Crippen molar-refractivity contribution in [1.29, 1.82) is 0 Å². The molecule has 0 unspecified atom stereocenters. The molecule has 17 heavy (non-hydrogen) atoms. The molecule has 4 nitrogen and oxygen atoms in total. The van der Waals surface area contributed by atoms with Crippen LogP contribution < -0.4 is 0 Å². The SMILES string of the molecule is Cc1cc(C(O)O)c(C)c(C2=NOCC2)c1C. The van der Waals surface area contributed by atoms with Gasteiger partial charge in [0.2, 0.25) is 0 Å². The maximum atomic E-state index is 9.37. The highest BCUT2D eigenvalue weighted by Crippen LogP contribution is 2.28. The van der Waals surface area contributed by atoms with Gasteiger partial charge in [-0.25, -0.2) is 0 Å². The molecule has 1 aliphatic rings. The third kappa shape index (κ3) is 2.06. The molecule has 1 aromatic carbocycles. The van der Waals surface area contributed by atoms with Gasteiger partial charge in [-0.15, -0.1) is 0 Å². The van der Waals surface area contributed by atoms with Crippen molar-refractivity contribution in [3.63, 3.8) is 0 Å². The highest BCUT2D eigenvalue weighted by Gasteiger charge is 2.20. The molecule has 0 fully saturated rings. The largest absolute Gasteiger partial charge is 0.395 e. The Balaban J connectivity index is 2.64. The first-order chi connectivity index (χ1) is 8.02. The highest BCUT2D eigenvalue weighted by molar-refractivity contribution is 6.03. The fourth-order valence-electron chi connectivity index (χ4n) is 2.26. The van der Waals surface area contributed by atoms with E-state index in [2.05, 4.69) is 5.16 Å². The summed E-state index contributed by atoms with van der Waals surface area (Å²) in [6.45, 7) is 6.46. The number of benzene rings is 1.